The van der Waals surface area contributed by atoms with Crippen LogP contribution in [-0.4, -0.2) is 31.4 Å². The van der Waals surface area contributed by atoms with Crippen LogP contribution in [0.25, 0.3) is 0 Å². The fourth-order valence-corrected chi connectivity index (χ4v) is 1.90. The van der Waals surface area contributed by atoms with Crippen molar-refractivity contribution in [2.45, 2.75) is 37.8 Å². The molecule has 0 saturated carbocycles. The number of nitrogens with one attached hydrogen (secondary N) is 1. The normalized spacial score (nSPS) is 37.1. The Balaban J connectivity index is 1.73. The third-order valence-corrected chi connectivity index (χ3v) is 3.00. The Kier molecular flexibility index (Phi) is 3.08. The minimum absolute atomic E-state index is 0.171. The van der Waals surface area contributed by atoms with Gasteiger partial charge >= 0.3 is 0 Å². The second kappa shape index (κ2) is 4.32. The molecule has 1 N–H and O–H groups in total. The van der Waals surface area contributed by atoms with Crippen LogP contribution in [0.1, 0.15) is 26.2 Å². The summed E-state index contributed by atoms with van der Waals surface area (Å²) in [5, 5.41) is 3.54. The summed E-state index contributed by atoms with van der Waals surface area (Å²) in [6, 6.07) is 0. The predicted octanol–water partition coefficient (Wildman–Crippen LogP) is 1.45. The zero-order valence-corrected chi connectivity index (χ0v) is 8.79. The van der Waals surface area contributed by atoms with Crippen LogP contribution in [0, 0.1) is 0 Å². The third kappa shape index (κ3) is 2.49. The van der Waals surface area contributed by atoms with Crippen LogP contribution in [0.5, 0.6) is 0 Å². The minimum atomic E-state index is 0.171. The van der Waals surface area contributed by atoms with Gasteiger partial charge in [-0.2, -0.15) is 0 Å². The highest BCUT2D eigenvalue weighted by molar-refractivity contribution is 4.89. The van der Waals surface area contributed by atoms with E-state index in [4.69, 9.17) is 9.47 Å². The van der Waals surface area contributed by atoms with E-state index < -0.39 is 0 Å². The molecule has 3 heteroatoms. The molecule has 0 spiro atoms. The van der Waals surface area contributed by atoms with Gasteiger partial charge in [-0.15, -0.1) is 0 Å². The maximum absolute atomic E-state index is 5.50. The molecule has 80 valence electrons. The van der Waals surface area contributed by atoms with E-state index in [1.54, 1.807) is 0 Å². The van der Waals surface area contributed by atoms with E-state index in [0.29, 0.717) is 6.10 Å². The Morgan fingerprint density at radius 2 is 2.50 bits per heavy atom. The Bertz CT molecular complexity index is 209. The van der Waals surface area contributed by atoms with E-state index in [1.165, 1.54) is 0 Å². The molecule has 1 saturated heterocycles. The van der Waals surface area contributed by atoms with E-state index in [1.807, 2.05) is 6.26 Å². The summed E-state index contributed by atoms with van der Waals surface area (Å²) in [5.74, 6) is 0. The van der Waals surface area contributed by atoms with Gasteiger partial charge in [0, 0.05) is 18.7 Å². The summed E-state index contributed by atoms with van der Waals surface area (Å²) < 4.78 is 10.9. The zero-order chi connectivity index (χ0) is 9.86. The summed E-state index contributed by atoms with van der Waals surface area (Å²) in [4.78, 5) is 0. The van der Waals surface area contributed by atoms with Gasteiger partial charge in [0.1, 0.15) is 6.10 Å². The second-order valence-electron chi connectivity index (χ2n) is 4.45. The summed E-state index contributed by atoms with van der Waals surface area (Å²) in [5.41, 5.74) is 0.171. The summed E-state index contributed by atoms with van der Waals surface area (Å²) in [7, 11) is 0. The largest absolute Gasteiger partial charge is 0.497 e. The predicted molar refractivity (Wildman–Crippen MR) is 55.1 cm³/mol. The fraction of sp³-hybridized carbons (Fsp3) is 0.818. The van der Waals surface area contributed by atoms with Gasteiger partial charge < -0.3 is 14.8 Å². The van der Waals surface area contributed by atoms with E-state index >= 15 is 0 Å². The van der Waals surface area contributed by atoms with Crippen molar-refractivity contribution in [3.05, 3.63) is 12.3 Å². The smallest absolute Gasteiger partial charge is 0.110 e. The zero-order valence-electron chi connectivity index (χ0n) is 8.79. The highest BCUT2D eigenvalue weighted by Crippen LogP contribution is 2.18. The molecule has 2 atom stereocenters. The van der Waals surface area contributed by atoms with Crippen molar-refractivity contribution in [2.75, 3.05) is 19.8 Å². The lowest BCUT2D eigenvalue weighted by Gasteiger charge is -2.27. The molecule has 0 bridgehead atoms. The van der Waals surface area contributed by atoms with Gasteiger partial charge in [-0.3, -0.25) is 0 Å². The molecule has 2 aliphatic heterocycles. The van der Waals surface area contributed by atoms with Gasteiger partial charge in [-0.1, -0.05) is 0 Å². The molecule has 2 aliphatic rings. The molecule has 3 nitrogen and oxygen atoms in total. The Hall–Kier alpha value is -0.540. The molecule has 0 aliphatic carbocycles. The molecule has 0 aromatic carbocycles. The lowest BCUT2D eigenvalue weighted by atomic mass is 10.0. The highest BCUT2D eigenvalue weighted by atomic mass is 16.5. The first-order valence-corrected chi connectivity index (χ1v) is 5.42. The van der Waals surface area contributed by atoms with E-state index in [-0.39, 0.29) is 5.54 Å². The summed E-state index contributed by atoms with van der Waals surface area (Å²) >= 11 is 0. The fourth-order valence-electron chi connectivity index (χ4n) is 1.90. The van der Waals surface area contributed by atoms with Crippen LogP contribution in [0.3, 0.4) is 0 Å². The quantitative estimate of drug-likeness (QED) is 0.742. The van der Waals surface area contributed by atoms with E-state index in [0.717, 1.165) is 39.0 Å². The van der Waals surface area contributed by atoms with Gasteiger partial charge in [-0.05, 0) is 32.3 Å². The maximum Gasteiger partial charge on any atom is 0.110 e. The molecular formula is C11H19NO2. The highest BCUT2D eigenvalue weighted by Gasteiger charge is 2.29. The molecule has 0 amide bonds. The van der Waals surface area contributed by atoms with Gasteiger partial charge in [0.2, 0.25) is 0 Å². The van der Waals surface area contributed by atoms with Crippen LogP contribution >= 0.6 is 0 Å². The molecule has 14 heavy (non-hydrogen) atoms. The monoisotopic (exact) mass is 197 g/mol. The van der Waals surface area contributed by atoms with Crippen molar-refractivity contribution in [2.24, 2.45) is 0 Å². The van der Waals surface area contributed by atoms with Crippen LogP contribution < -0.4 is 5.32 Å². The maximum atomic E-state index is 5.50. The summed E-state index contributed by atoms with van der Waals surface area (Å²) in [6.07, 6.45) is 7.62. The van der Waals surface area contributed by atoms with Gasteiger partial charge in [0.15, 0.2) is 0 Å². The molecule has 1 fully saturated rings. The van der Waals surface area contributed by atoms with Crippen LogP contribution in [0.15, 0.2) is 12.3 Å². The molecule has 0 radical (unpaired) electrons. The Morgan fingerprint density at radius 3 is 3.14 bits per heavy atom. The lowest BCUT2D eigenvalue weighted by molar-refractivity contribution is 0.107. The van der Waals surface area contributed by atoms with Crippen molar-refractivity contribution in [1.29, 1.82) is 0 Å². The van der Waals surface area contributed by atoms with Crippen LogP contribution in [0.2, 0.25) is 0 Å². The van der Waals surface area contributed by atoms with Crippen molar-refractivity contribution in [3.63, 3.8) is 0 Å². The number of ether oxygens (including phenoxy) is 2. The average Bonchev–Trinajstić information content (AvgIpc) is 2.65. The van der Waals surface area contributed by atoms with Gasteiger partial charge in [-0.25, -0.2) is 0 Å². The van der Waals surface area contributed by atoms with E-state index in [2.05, 4.69) is 18.3 Å². The van der Waals surface area contributed by atoms with Crippen molar-refractivity contribution in [1.82, 2.24) is 5.32 Å². The molecule has 0 aromatic heterocycles. The molecule has 2 rings (SSSR count). The lowest BCUT2D eigenvalue weighted by Crippen LogP contribution is -2.46. The first-order valence-electron chi connectivity index (χ1n) is 5.42. The average molecular weight is 197 g/mol. The topological polar surface area (TPSA) is 30.5 Å². The molecule has 0 aromatic rings. The molecular weight excluding hydrogens is 178 g/mol. The number of hydrogen-bond donors (Lipinski definition) is 1. The SMILES string of the molecule is CC1(NCC2CCC=CO2)CCOC1. The minimum Gasteiger partial charge on any atom is -0.497 e. The molecule has 2 unspecified atom stereocenters. The molecule has 2 heterocycles. The Labute approximate surface area is 85.5 Å². The van der Waals surface area contributed by atoms with E-state index in [9.17, 15) is 0 Å². The standard InChI is InChI=1S/C11H19NO2/c1-11(5-7-13-9-11)12-8-10-4-2-3-6-14-10/h3,6,10,12H,2,4-5,7-9H2,1H3. The van der Waals surface area contributed by atoms with Crippen molar-refractivity contribution < 1.29 is 9.47 Å². The summed E-state index contributed by atoms with van der Waals surface area (Å²) in [6.45, 7) is 4.87. The first-order chi connectivity index (χ1) is 6.79. The number of allylic oxidation sites excluding steroid dienone is 1. The third-order valence-electron chi connectivity index (χ3n) is 3.00. The van der Waals surface area contributed by atoms with Crippen molar-refractivity contribution in [3.8, 4) is 0 Å². The number of rotatable bonds is 3. The van der Waals surface area contributed by atoms with Gasteiger partial charge in [0.25, 0.3) is 0 Å². The first kappa shape index (κ1) is 9.99. The second-order valence-corrected chi connectivity index (χ2v) is 4.45. The van der Waals surface area contributed by atoms with Crippen LogP contribution in [-0.2, 0) is 9.47 Å². The number of hydrogen-bond acceptors (Lipinski definition) is 3. The van der Waals surface area contributed by atoms with Gasteiger partial charge in [0.05, 0.1) is 12.9 Å². The van der Waals surface area contributed by atoms with Crippen molar-refractivity contribution >= 4 is 0 Å². The Morgan fingerprint density at radius 1 is 1.57 bits per heavy atom. The van der Waals surface area contributed by atoms with Crippen LogP contribution in [0.4, 0.5) is 0 Å².